The number of rotatable bonds is 1. The van der Waals surface area contributed by atoms with Crippen molar-refractivity contribution in [3.8, 4) is 0 Å². The van der Waals surface area contributed by atoms with Gasteiger partial charge in [-0.15, -0.1) is 0 Å². The molecule has 0 aliphatic carbocycles. The molecule has 2 heterocycles. The maximum atomic E-state index is 11.2. The molecule has 0 bridgehead atoms. The molecular formula is C8H10N2O2. The number of carbonyl (C=O) groups is 1. The van der Waals surface area contributed by atoms with E-state index in [0.717, 1.165) is 0 Å². The van der Waals surface area contributed by atoms with Crippen molar-refractivity contribution in [1.29, 1.82) is 0 Å². The summed E-state index contributed by atoms with van der Waals surface area (Å²) in [4.78, 5) is 11.2. The minimum absolute atomic E-state index is 0.169. The van der Waals surface area contributed by atoms with Crippen molar-refractivity contribution in [3.05, 3.63) is 24.0 Å². The maximum Gasteiger partial charge on any atom is 0.355 e. The van der Waals surface area contributed by atoms with Crippen LogP contribution in [-0.2, 0) is 11.3 Å². The number of esters is 1. The average molecular weight is 166 g/mol. The van der Waals surface area contributed by atoms with Crippen LogP contribution in [0.3, 0.4) is 0 Å². The van der Waals surface area contributed by atoms with Crippen molar-refractivity contribution in [2.45, 2.75) is 12.6 Å². The molecule has 1 unspecified atom stereocenters. The Morgan fingerprint density at radius 1 is 1.75 bits per heavy atom. The van der Waals surface area contributed by atoms with E-state index in [1.165, 1.54) is 0 Å². The summed E-state index contributed by atoms with van der Waals surface area (Å²) in [6.45, 7) is 1.05. The summed E-state index contributed by atoms with van der Waals surface area (Å²) in [5, 5.41) is 0. The molecular weight excluding hydrogens is 156 g/mol. The fourth-order valence-electron chi connectivity index (χ4n) is 1.35. The highest BCUT2D eigenvalue weighted by atomic mass is 16.5. The Morgan fingerprint density at radius 2 is 2.58 bits per heavy atom. The third kappa shape index (κ3) is 1.00. The normalized spacial score (nSPS) is 21.8. The number of ether oxygens (including phenoxy) is 1. The van der Waals surface area contributed by atoms with Crippen LogP contribution in [0.5, 0.6) is 0 Å². The number of cyclic esters (lactones) is 1. The molecule has 0 radical (unpaired) electrons. The van der Waals surface area contributed by atoms with E-state index in [4.69, 9.17) is 10.5 Å². The highest BCUT2D eigenvalue weighted by Crippen LogP contribution is 2.13. The van der Waals surface area contributed by atoms with Gasteiger partial charge < -0.3 is 15.0 Å². The Morgan fingerprint density at radius 3 is 3.33 bits per heavy atom. The fourth-order valence-corrected chi connectivity index (χ4v) is 1.35. The molecule has 0 saturated carbocycles. The van der Waals surface area contributed by atoms with Crippen LogP contribution in [0.15, 0.2) is 18.3 Å². The van der Waals surface area contributed by atoms with Crippen LogP contribution >= 0.6 is 0 Å². The number of nitrogens with zero attached hydrogens (tertiary/aromatic N) is 1. The third-order valence-electron chi connectivity index (χ3n) is 1.98. The van der Waals surface area contributed by atoms with Crippen LogP contribution in [0.4, 0.5) is 0 Å². The molecule has 1 aromatic rings. The first-order valence-corrected chi connectivity index (χ1v) is 3.87. The molecule has 2 rings (SSSR count). The molecule has 0 amide bonds. The van der Waals surface area contributed by atoms with Gasteiger partial charge in [0.25, 0.3) is 0 Å². The second-order valence-corrected chi connectivity index (χ2v) is 2.81. The van der Waals surface area contributed by atoms with E-state index in [0.29, 0.717) is 18.8 Å². The van der Waals surface area contributed by atoms with Gasteiger partial charge in [-0.2, -0.15) is 0 Å². The first-order chi connectivity index (χ1) is 5.81. The van der Waals surface area contributed by atoms with Gasteiger partial charge in [-0.1, -0.05) is 0 Å². The molecule has 1 aliphatic heterocycles. The Hall–Kier alpha value is -1.29. The number of carbonyl (C=O) groups excluding carboxylic acids is 1. The summed E-state index contributed by atoms with van der Waals surface area (Å²) in [6.07, 6.45) is 1.69. The summed E-state index contributed by atoms with van der Waals surface area (Å²) in [5.74, 6) is -0.276. The van der Waals surface area contributed by atoms with Crippen molar-refractivity contribution in [1.82, 2.24) is 4.57 Å². The average Bonchev–Trinajstić information content (AvgIpc) is 2.52. The number of aromatic nitrogens is 1. The van der Waals surface area contributed by atoms with Crippen LogP contribution < -0.4 is 5.73 Å². The zero-order valence-corrected chi connectivity index (χ0v) is 6.56. The quantitative estimate of drug-likeness (QED) is 0.597. The van der Waals surface area contributed by atoms with Crippen molar-refractivity contribution in [2.75, 3.05) is 6.54 Å². The summed E-state index contributed by atoms with van der Waals surface area (Å²) in [7, 11) is 0. The van der Waals surface area contributed by atoms with Crippen LogP contribution in [0.1, 0.15) is 10.5 Å². The van der Waals surface area contributed by atoms with Crippen LogP contribution in [0.2, 0.25) is 0 Å². The first kappa shape index (κ1) is 7.36. The Bertz CT molecular complexity index is 306. The Balaban J connectivity index is 2.32. The second kappa shape index (κ2) is 2.64. The second-order valence-electron chi connectivity index (χ2n) is 2.81. The van der Waals surface area contributed by atoms with Gasteiger partial charge in [-0.3, -0.25) is 0 Å². The van der Waals surface area contributed by atoms with Crippen molar-refractivity contribution in [2.24, 2.45) is 5.73 Å². The van der Waals surface area contributed by atoms with E-state index < -0.39 is 0 Å². The number of hydrogen-bond acceptors (Lipinski definition) is 3. The summed E-state index contributed by atoms with van der Waals surface area (Å²) in [5.41, 5.74) is 6.01. The lowest BCUT2D eigenvalue weighted by atomic mass is 10.3. The van der Waals surface area contributed by atoms with Crippen molar-refractivity contribution >= 4 is 5.97 Å². The van der Waals surface area contributed by atoms with Gasteiger partial charge >= 0.3 is 5.97 Å². The molecule has 0 aromatic carbocycles. The zero-order chi connectivity index (χ0) is 8.55. The predicted molar refractivity (Wildman–Crippen MR) is 42.7 cm³/mol. The molecule has 12 heavy (non-hydrogen) atoms. The van der Waals surface area contributed by atoms with Gasteiger partial charge in [0.05, 0.1) is 6.54 Å². The molecule has 0 saturated heterocycles. The monoisotopic (exact) mass is 166 g/mol. The van der Waals surface area contributed by atoms with Gasteiger partial charge in [-0.25, -0.2) is 4.79 Å². The van der Waals surface area contributed by atoms with E-state index in [2.05, 4.69) is 0 Å². The standard InChI is InChI=1S/C8H10N2O2/c9-4-6-5-10-3-1-2-7(10)8(11)12-6/h1-3,6H,4-5,9H2. The number of hydrogen-bond donors (Lipinski definition) is 1. The molecule has 0 fully saturated rings. The minimum atomic E-state index is -0.276. The molecule has 0 spiro atoms. The molecule has 4 heteroatoms. The van der Waals surface area contributed by atoms with Crippen LogP contribution in [-0.4, -0.2) is 23.2 Å². The highest BCUT2D eigenvalue weighted by Gasteiger charge is 2.24. The molecule has 1 aliphatic rings. The fraction of sp³-hybridized carbons (Fsp3) is 0.375. The van der Waals surface area contributed by atoms with Gasteiger partial charge in [0, 0.05) is 12.7 Å². The largest absolute Gasteiger partial charge is 0.454 e. The topological polar surface area (TPSA) is 57.2 Å². The molecule has 1 aromatic heterocycles. The zero-order valence-electron chi connectivity index (χ0n) is 6.56. The smallest absolute Gasteiger partial charge is 0.355 e. The van der Waals surface area contributed by atoms with Gasteiger partial charge in [0.15, 0.2) is 0 Å². The minimum Gasteiger partial charge on any atom is -0.454 e. The summed E-state index contributed by atoms with van der Waals surface area (Å²) < 4.78 is 6.90. The van der Waals surface area contributed by atoms with E-state index in [9.17, 15) is 4.79 Å². The lowest BCUT2D eigenvalue weighted by Gasteiger charge is -2.23. The summed E-state index contributed by atoms with van der Waals surface area (Å²) in [6, 6.07) is 3.57. The van der Waals surface area contributed by atoms with E-state index >= 15 is 0 Å². The van der Waals surface area contributed by atoms with Gasteiger partial charge in [-0.05, 0) is 12.1 Å². The van der Waals surface area contributed by atoms with Crippen molar-refractivity contribution in [3.63, 3.8) is 0 Å². The third-order valence-corrected chi connectivity index (χ3v) is 1.98. The van der Waals surface area contributed by atoms with E-state index in [1.807, 2.05) is 16.8 Å². The summed E-state index contributed by atoms with van der Waals surface area (Å²) >= 11 is 0. The van der Waals surface area contributed by atoms with Crippen LogP contribution in [0, 0.1) is 0 Å². The van der Waals surface area contributed by atoms with E-state index in [1.54, 1.807) is 6.07 Å². The molecule has 2 N–H and O–H groups in total. The SMILES string of the molecule is NCC1Cn2cccc2C(=O)O1. The predicted octanol–water partition coefficient (Wildman–Crippen LogP) is -0.0142. The van der Waals surface area contributed by atoms with Gasteiger partial charge in [0.2, 0.25) is 0 Å². The van der Waals surface area contributed by atoms with Crippen molar-refractivity contribution < 1.29 is 9.53 Å². The van der Waals surface area contributed by atoms with Gasteiger partial charge in [0.1, 0.15) is 11.8 Å². The first-order valence-electron chi connectivity index (χ1n) is 3.87. The Kier molecular flexibility index (Phi) is 1.62. The lowest BCUT2D eigenvalue weighted by Crippen LogP contribution is -2.36. The molecule has 64 valence electrons. The maximum absolute atomic E-state index is 11.2. The number of nitrogens with two attached hydrogens (primary N) is 1. The lowest BCUT2D eigenvalue weighted by molar-refractivity contribution is 0.0187. The molecule has 4 nitrogen and oxygen atoms in total. The Labute approximate surface area is 69.9 Å². The van der Waals surface area contributed by atoms with E-state index in [-0.39, 0.29) is 12.1 Å². The molecule has 1 atom stereocenters. The number of fused-ring (bicyclic) bond motifs is 1. The highest BCUT2D eigenvalue weighted by molar-refractivity contribution is 5.88. The van der Waals surface area contributed by atoms with Crippen LogP contribution in [0.25, 0.3) is 0 Å².